The van der Waals surface area contributed by atoms with E-state index in [2.05, 4.69) is 26.1 Å². The molecule has 1 saturated heterocycles. The normalized spacial score (nSPS) is 22.5. The number of hydrogen-bond acceptors (Lipinski definition) is 3. The number of nitrogens with one attached hydrogen (secondary N) is 1. The number of halogens is 1. The molecule has 116 valence electrons. The largest absolute Gasteiger partial charge is 0.492 e. The molecule has 1 N–H and O–H groups in total. The zero-order valence-electron chi connectivity index (χ0n) is 12.6. The third kappa shape index (κ3) is 4.97. The fourth-order valence-corrected chi connectivity index (χ4v) is 3.35. The van der Waals surface area contributed by atoms with Crippen LogP contribution in [0.3, 0.4) is 0 Å². The highest BCUT2D eigenvalue weighted by Gasteiger charge is 2.30. The Morgan fingerprint density at radius 1 is 1.19 bits per heavy atom. The molecule has 0 amide bonds. The van der Waals surface area contributed by atoms with Gasteiger partial charge >= 0.3 is 0 Å². The minimum atomic E-state index is 0.790. The Kier molecular flexibility index (Phi) is 5.55. The van der Waals surface area contributed by atoms with Gasteiger partial charge in [0.15, 0.2) is 0 Å². The van der Waals surface area contributed by atoms with Crippen LogP contribution in [0.1, 0.15) is 25.7 Å². The summed E-state index contributed by atoms with van der Waals surface area (Å²) in [4.78, 5) is 2.65. The van der Waals surface area contributed by atoms with Crippen molar-refractivity contribution in [3.05, 3.63) is 28.7 Å². The van der Waals surface area contributed by atoms with Crippen LogP contribution in [-0.4, -0.2) is 43.7 Å². The van der Waals surface area contributed by atoms with E-state index in [1.807, 2.05) is 24.3 Å². The maximum atomic E-state index is 5.88. The first kappa shape index (κ1) is 15.3. The molecule has 1 aromatic rings. The van der Waals surface area contributed by atoms with Crippen molar-refractivity contribution >= 4 is 15.9 Å². The van der Waals surface area contributed by atoms with Crippen LogP contribution in [0.25, 0.3) is 0 Å². The number of rotatable bonds is 7. The molecule has 1 heterocycles. The average Bonchev–Trinajstić information content (AvgIpc) is 3.34. The van der Waals surface area contributed by atoms with Crippen molar-refractivity contribution in [2.75, 3.05) is 32.8 Å². The molecule has 0 aromatic heterocycles. The SMILES string of the molecule is Brc1ccc(OCCN(CC2CCCNC2)C2CC2)cc1. The van der Waals surface area contributed by atoms with Gasteiger partial charge in [-0.25, -0.2) is 0 Å². The van der Waals surface area contributed by atoms with Gasteiger partial charge in [0.1, 0.15) is 12.4 Å². The summed E-state index contributed by atoms with van der Waals surface area (Å²) >= 11 is 3.45. The van der Waals surface area contributed by atoms with Crippen LogP contribution in [0, 0.1) is 5.92 Å². The summed E-state index contributed by atoms with van der Waals surface area (Å²) in [6.07, 6.45) is 5.46. The lowest BCUT2D eigenvalue weighted by atomic mass is 9.99. The van der Waals surface area contributed by atoms with Gasteiger partial charge in [0.25, 0.3) is 0 Å². The molecule has 1 unspecified atom stereocenters. The highest BCUT2D eigenvalue weighted by atomic mass is 79.9. The fraction of sp³-hybridized carbons (Fsp3) is 0.647. The Morgan fingerprint density at radius 2 is 2.00 bits per heavy atom. The predicted molar refractivity (Wildman–Crippen MR) is 89.8 cm³/mol. The van der Waals surface area contributed by atoms with Gasteiger partial charge in [-0.2, -0.15) is 0 Å². The highest BCUT2D eigenvalue weighted by molar-refractivity contribution is 9.10. The van der Waals surface area contributed by atoms with E-state index in [9.17, 15) is 0 Å². The minimum Gasteiger partial charge on any atom is -0.492 e. The molecule has 1 aliphatic carbocycles. The van der Waals surface area contributed by atoms with Crippen molar-refractivity contribution in [1.82, 2.24) is 10.2 Å². The first-order valence-electron chi connectivity index (χ1n) is 8.14. The first-order valence-corrected chi connectivity index (χ1v) is 8.94. The van der Waals surface area contributed by atoms with Gasteiger partial charge in [-0.1, -0.05) is 15.9 Å². The van der Waals surface area contributed by atoms with Crippen LogP contribution in [-0.2, 0) is 0 Å². The monoisotopic (exact) mass is 352 g/mol. The number of nitrogens with zero attached hydrogens (tertiary/aromatic N) is 1. The fourth-order valence-electron chi connectivity index (χ4n) is 3.09. The van der Waals surface area contributed by atoms with E-state index in [4.69, 9.17) is 4.74 Å². The lowest BCUT2D eigenvalue weighted by molar-refractivity contribution is 0.166. The van der Waals surface area contributed by atoms with Gasteiger partial charge in [0.05, 0.1) is 0 Å². The van der Waals surface area contributed by atoms with Crippen LogP contribution in [0.2, 0.25) is 0 Å². The van der Waals surface area contributed by atoms with Crippen molar-refractivity contribution in [2.45, 2.75) is 31.7 Å². The minimum absolute atomic E-state index is 0.790. The second kappa shape index (κ2) is 7.61. The first-order chi connectivity index (χ1) is 10.3. The second-order valence-electron chi connectivity index (χ2n) is 6.24. The van der Waals surface area contributed by atoms with E-state index >= 15 is 0 Å². The summed E-state index contributed by atoms with van der Waals surface area (Å²) in [5, 5.41) is 3.52. The Labute approximate surface area is 136 Å². The number of ether oxygens (including phenoxy) is 1. The second-order valence-corrected chi connectivity index (χ2v) is 7.16. The van der Waals surface area contributed by atoms with E-state index in [0.29, 0.717) is 0 Å². The molecule has 1 saturated carbocycles. The lowest BCUT2D eigenvalue weighted by Crippen LogP contribution is -2.40. The molecule has 0 spiro atoms. The van der Waals surface area contributed by atoms with Crippen molar-refractivity contribution in [2.24, 2.45) is 5.92 Å². The number of benzene rings is 1. The molecule has 2 fully saturated rings. The quantitative estimate of drug-likeness (QED) is 0.814. The number of piperidine rings is 1. The van der Waals surface area contributed by atoms with Crippen molar-refractivity contribution in [1.29, 1.82) is 0 Å². The molecule has 0 radical (unpaired) electrons. The molecule has 21 heavy (non-hydrogen) atoms. The maximum absolute atomic E-state index is 5.88. The van der Waals surface area contributed by atoms with E-state index in [1.165, 1.54) is 45.3 Å². The standard InChI is InChI=1S/C17H25BrN2O/c18-15-3-7-17(8-4-15)21-11-10-20(16-5-6-16)13-14-2-1-9-19-12-14/h3-4,7-8,14,16,19H,1-2,5-6,9-13H2. The summed E-state index contributed by atoms with van der Waals surface area (Å²) < 4.78 is 6.98. The Morgan fingerprint density at radius 3 is 2.67 bits per heavy atom. The molecule has 0 bridgehead atoms. The number of hydrogen-bond donors (Lipinski definition) is 1. The Bertz CT molecular complexity index is 427. The highest BCUT2D eigenvalue weighted by Crippen LogP contribution is 2.28. The average molecular weight is 353 g/mol. The molecule has 2 aliphatic rings. The van der Waals surface area contributed by atoms with Crippen LogP contribution in [0.5, 0.6) is 5.75 Å². The smallest absolute Gasteiger partial charge is 0.119 e. The molecule has 1 atom stereocenters. The third-order valence-electron chi connectivity index (χ3n) is 4.42. The Balaban J connectivity index is 1.43. The zero-order chi connectivity index (χ0) is 14.5. The van der Waals surface area contributed by atoms with Crippen LogP contribution >= 0.6 is 15.9 Å². The predicted octanol–water partition coefficient (Wildman–Crippen LogP) is 3.29. The molecule has 3 nitrogen and oxygen atoms in total. The third-order valence-corrected chi connectivity index (χ3v) is 4.94. The van der Waals surface area contributed by atoms with E-state index in [1.54, 1.807) is 0 Å². The summed E-state index contributed by atoms with van der Waals surface area (Å²) in [6, 6.07) is 8.93. The van der Waals surface area contributed by atoms with Crippen LogP contribution < -0.4 is 10.1 Å². The molecule has 3 rings (SSSR count). The molecular formula is C17H25BrN2O. The summed E-state index contributed by atoms with van der Waals surface area (Å²) in [5.74, 6) is 1.79. The van der Waals surface area contributed by atoms with Gasteiger partial charge < -0.3 is 10.1 Å². The van der Waals surface area contributed by atoms with Crippen molar-refractivity contribution < 1.29 is 4.74 Å². The van der Waals surface area contributed by atoms with E-state index < -0.39 is 0 Å². The maximum Gasteiger partial charge on any atom is 0.119 e. The lowest BCUT2D eigenvalue weighted by Gasteiger charge is -2.30. The summed E-state index contributed by atoms with van der Waals surface area (Å²) in [5.41, 5.74) is 0. The van der Waals surface area contributed by atoms with Gasteiger partial charge in [-0.15, -0.1) is 0 Å². The summed E-state index contributed by atoms with van der Waals surface area (Å²) in [7, 11) is 0. The molecule has 1 aromatic carbocycles. The van der Waals surface area contributed by atoms with E-state index in [0.717, 1.165) is 35.3 Å². The summed E-state index contributed by atoms with van der Waals surface area (Å²) in [6.45, 7) is 5.47. The van der Waals surface area contributed by atoms with Gasteiger partial charge in [0, 0.05) is 23.6 Å². The zero-order valence-corrected chi connectivity index (χ0v) is 14.1. The topological polar surface area (TPSA) is 24.5 Å². The van der Waals surface area contributed by atoms with Gasteiger partial charge in [0.2, 0.25) is 0 Å². The van der Waals surface area contributed by atoms with Crippen LogP contribution in [0.15, 0.2) is 28.7 Å². The van der Waals surface area contributed by atoms with Crippen molar-refractivity contribution in [3.63, 3.8) is 0 Å². The molecule has 1 aliphatic heterocycles. The van der Waals surface area contributed by atoms with Gasteiger partial charge in [-0.05, 0) is 69.0 Å². The van der Waals surface area contributed by atoms with E-state index in [-0.39, 0.29) is 0 Å². The Hall–Kier alpha value is -0.580. The molecular weight excluding hydrogens is 328 g/mol. The molecule has 4 heteroatoms. The van der Waals surface area contributed by atoms with Crippen molar-refractivity contribution in [3.8, 4) is 5.75 Å². The van der Waals surface area contributed by atoms with Crippen LogP contribution in [0.4, 0.5) is 0 Å². The van der Waals surface area contributed by atoms with Gasteiger partial charge in [-0.3, -0.25) is 4.90 Å².